The molecule has 0 saturated carbocycles. The second-order valence-electron chi connectivity index (χ2n) is 4.97. The van der Waals surface area contributed by atoms with Gasteiger partial charge in [-0.05, 0) is 0 Å². The number of rotatable bonds is 4. The molecule has 0 spiro atoms. The average Bonchev–Trinajstić information content (AvgIpc) is 2.92. The van der Waals surface area contributed by atoms with Crippen molar-refractivity contribution in [3.8, 4) is 0 Å². The van der Waals surface area contributed by atoms with Crippen LogP contribution in [0.3, 0.4) is 0 Å². The standard InChI is InChI=1S/2C9H13.Mg/c2*1-3-5-9-7-4-6-8(9)2;/h2*4,6-7H,3,5H2,1-2H3;/q2*-1;+2. The van der Waals surface area contributed by atoms with Crippen molar-refractivity contribution in [3.05, 3.63) is 58.7 Å². The Labute approximate surface area is 135 Å². The van der Waals surface area contributed by atoms with Crippen LogP contribution in [0.1, 0.15) is 48.9 Å². The Hall–Kier alpha value is -0.534. The molecule has 0 fully saturated rings. The van der Waals surface area contributed by atoms with E-state index < -0.39 is 0 Å². The van der Waals surface area contributed by atoms with E-state index in [2.05, 4.69) is 64.1 Å². The van der Waals surface area contributed by atoms with E-state index in [9.17, 15) is 0 Å². The Morgan fingerprint density at radius 1 is 0.789 bits per heavy atom. The molecule has 0 aromatic heterocycles. The number of aryl methyl sites for hydroxylation is 4. The Balaban J connectivity index is 0.000000324. The minimum Gasteiger partial charge on any atom is -0.213 e. The summed E-state index contributed by atoms with van der Waals surface area (Å²) in [6.45, 7) is 8.77. The molecular weight excluding hydrogens is 241 g/mol. The predicted octanol–water partition coefficient (Wildman–Crippen LogP) is 4.95. The van der Waals surface area contributed by atoms with Crippen LogP contribution in [0.2, 0.25) is 0 Å². The summed E-state index contributed by atoms with van der Waals surface area (Å²) in [4.78, 5) is 0. The molecular formula is C18H26Mg. The molecule has 0 bridgehead atoms. The van der Waals surface area contributed by atoms with E-state index in [4.69, 9.17) is 0 Å². The van der Waals surface area contributed by atoms with Gasteiger partial charge in [-0.2, -0.15) is 34.4 Å². The minimum absolute atomic E-state index is 0. The molecule has 0 aliphatic carbocycles. The van der Waals surface area contributed by atoms with Gasteiger partial charge in [0.25, 0.3) is 0 Å². The van der Waals surface area contributed by atoms with Gasteiger partial charge in [-0.3, -0.25) is 0 Å². The van der Waals surface area contributed by atoms with E-state index >= 15 is 0 Å². The van der Waals surface area contributed by atoms with Crippen molar-refractivity contribution in [2.45, 2.75) is 53.4 Å². The average molecular weight is 267 g/mol. The van der Waals surface area contributed by atoms with Crippen molar-refractivity contribution < 1.29 is 0 Å². The van der Waals surface area contributed by atoms with Crippen molar-refractivity contribution in [2.75, 3.05) is 0 Å². The summed E-state index contributed by atoms with van der Waals surface area (Å²) in [6.07, 6.45) is 4.98. The van der Waals surface area contributed by atoms with Crippen LogP contribution in [0.15, 0.2) is 36.4 Å². The number of hydrogen-bond acceptors (Lipinski definition) is 0. The first-order valence-corrected chi connectivity index (χ1v) is 7.11. The first-order valence-electron chi connectivity index (χ1n) is 7.11. The Bertz CT molecular complexity index is 392. The third-order valence-electron chi connectivity index (χ3n) is 3.34. The molecule has 0 unspecified atom stereocenters. The van der Waals surface area contributed by atoms with E-state index in [-0.39, 0.29) is 23.1 Å². The van der Waals surface area contributed by atoms with Gasteiger partial charge in [-0.25, -0.2) is 24.3 Å². The van der Waals surface area contributed by atoms with Crippen LogP contribution in [0.5, 0.6) is 0 Å². The van der Waals surface area contributed by atoms with Gasteiger partial charge < -0.3 is 0 Å². The van der Waals surface area contributed by atoms with Crippen molar-refractivity contribution in [1.82, 2.24) is 0 Å². The Morgan fingerprint density at radius 2 is 1.16 bits per heavy atom. The fourth-order valence-electron chi connectivity index (χ4n) is 2.19. The van der Waals surface area contributed by atoms with Crippen LogP contribution in [-0.4, -0.2) is 23.1 Å². The maximum absolute atomic E-state index is 2.21. The molecule has 0 aliphatic rings. The monoisotopic (exact) mass is 266 g/mol. The predicted molar refractivity (Wildman–Crippen MR) is 87.3 cm³/mol. The largest absolute Gasteiger partial charge is 2.00 e. The van der Waals surface area contributed by atoms with Crippen molar-refractivity contribution >= 4 is 23.1 Å². The molecule has 0 heterocycles. The zero-order chi connectivity index (χ0) is 13.4. The normalized spacial score (nSPS) is 9.47. The topological polar surface area (TPSA) is 0 Å². The Kier molecular flexibility index (Phi) is 9.99. The zero-order valence-corrected chi connectivity index (χ0v) is 14.4. The second-order valence-corrected chi connectivity index (χ2v) is 4.97. The quantitative estimate of drug-likeness (QED) is 0.542. The van der Waals surface area contributed by atoms with Crippen molar-refractivity contribution in [1.29, 1.82) is 0 Å². The SMILES string of the molecule is CCCc1ccc[c-]1C.CCCc1ccc[c-]1C.[Mg+2]. The zero-order valence-electron chi connectivity index (χ0n) is 13.0. The first-order chi connectivity index (χ1) is 8.69. The molecule has 0 atom stereocenters. The van der Waals surface area contributed by atoms with Gasteiger partial charge in [0.2, 0.25) is 0 Å². The van der Waals surface area contributed by atoms with Crippen LogP contribution in [0.4, 0.5) is 0 Å². The van der Waals surface area contributed by atoms with Gasteiger partial charge >= 0.3 is 23.1 Å². The molecule has 2 rings (SSSR count). The van der Waals surface area contributed by atoms with Gasteiger partial charge in [0.05, 0.1) is 0 Å². The van der Waals surface area contributed by atoms with Crippen LogP contribution >= 0.6 is 0 Å². The molecule has 0 aliphatic heterocycles. The number of hydrogen-bond donors (Lipinski definition) is 0. The summed E-state index contributed by atoms with van der Waals surface area (Å²) in [5.41, 5.74) is 5.91. The molecule has 0 radical (unpaired) electrons. The molecule has 100 valence electrons. The van der Waals surface area contributed by atoms with Crippen LogP contribution in [0.25, 0.3) is 0 Å². The molecule has 2 aromatic carbocycles. The van der Waals surface area contributed by atoms with Gasteiger partial charge in [0.1, 0.15) is 0 Å². The molecule has 0 N–H and O–H groups in total. The summed E-state index contributed by atoms with van der Waals surface area (Å²) in [5, 5.41) is 0. The minimum atomic E-state index is 0. The van der Waals surface area contributed by atoms with E-state index in [1.165, 1.54) is 47.9 Å². The summed E-state index contributed by atoms with van der Waals surface area (Å²) in [5.74, 6) is 0. The van der Waals surface area contributed by atoms with Crippen molar-refractivity contribution in [3.63, 3.8) is 0 Å². The summed E-state index contributed by atoms with van der Waals surface area (Å²) in [6, 6.07) is 13.0. The summed E-state index contributed by atoms with van der Waals surface area (Å²) >= 11 is 0. The van der Waals surface area contributed by atoms with E-state index in [1.54, 1.807) is 0 Å². The molecule has 0 saturated heterocycles. The van der Waals surface area contributed by atoms with Gasteiger partial charge in [0, 0.05) is 0 Å². The molecule has 0 nitrogen and oxygen atoms in total. The van der Waals surface area contributed by atoms with Gasteiger partial charge in [-0.1, -0.05) is 53.4 Å². The summed E-state index contributed by atoms with van der Waals surface area (Å²) < 4.78 is 0. The van der Waals surface area contributed by atoms with Crippen LogP contribution < -0.4 is 0 Å². The van der Waals surface area contributed by atoms with E-state index in [0.29, 0.717) is 0 Å². The first kappa shape index (κ1) is 18.5. The van der Waals surface area contributed by atoms with E-state index in [1.807, 2.05) is 0 Å². The van der Waals surface area contributed by atoms with Gasteiger partial charge in [0.15, 0.2) is 0 Å². The third-order valence-corrected chi connectivity index (χ3v) is 3.34. The molecule has 2 aromatic rings. The smallest absolute Gasteiger partial charge is 0.213 e. The summed E-state index contributed by atoms with van der Waals surface area (Å²) in [7, 11) is 0. The van der Waals surface area contributed by atoms with Crippen LogP contribution in [0, 0.1) is 13.8 Å². The van der Waals surface area contributed by atoms with Gasteiger partial charge in [-0.15, -0.1) is 0 Å². The van der Waals surface area contributed by atoms with E-state index in [0.717, 1.165) is 0 Å². The third kappa shape index (κ3) is 6.44. The van der Waals surface area contributed by atoms with Crippen LogP contribution in [-0.2, 0) is 12.8 Å². The maximum Gasteiger partial charge on any atom is 2.00 e. The second kappa shape index (κ2) is 10.3. The van der Waals surface area contributed by atoms with Crippen molar-refractivity contribution in [2.24, 2.45) is 0 Å². The molecule has 0 amide bonds. The fraction of sp³-hybridized carbons (Fsp3) is 0.444. The maximum atomic E-state index is 2.21. The fourth-order valence-corrected chi connectivity index (χ4v) is 2.19. The molecule has 19 heavy (non-hydrogen) atoms. The Morgan fingerprint density at radius 3 is 1.37 bits per heavy atom. The molecule has 1 heteroatoms.